The molecule has 0 atom stereocenters. The first-order valence-electron chi connectivity index (χ1n) is 16.0. The summed E-state index contributed by atoms with van der Waals surface area (Å²) in [6, 6.07) is 26.2. The van der Waals surface area contributed by atoms with Gasteiger partial charge in [-0.1, -0.05) is 99.9 Å². The number of aryl methyl sites for hydroxylation is 3. The maximum atomic E-state index is 11.3. The van der Waals surface area contributed by atoms with Crippen LogP contribution < -0.4 is 0 Å². The van der Waals surface area contributed by atoms with Crippen molar-refractivity contribution in [3.63, 3.8) is 0 Å². The lowest BCUT2D eigenvalue weighted by Gasteiger charge is -2.12. The van der Waals surface area contributed by atoms with Gasteiger partial charge >= 0.3 is 0 Å². The quantitative estimate of drug-likeness (QED) is 0.238. The Morgan fingerprint density at radius 1 is 0.512 bits per heavy atom. The van der Waals surface area contributed by atoms with Gasteiger partial charge in [0.2, 0.25) is 0 Å². The van der Waals surface area contributed by atoms with Crippen LogP contribution in [0.2, 0.25) is 0 Å². The van der Waals surface area contributed by atoms with E-state index in [0.29, 0.717) is 16.9 Å². The molecule has 0 radical (unpaired) electrons. The minimum Gasteiger partial charge on any atom is -0.507 e. The van der Waals surface area contributed by atoms with Gasteiger partial charge in [0.05, 0.1) is 11.4 Å². The second kappa shape index (κ2) is 15.3. The number of aromatic hydroxyl groups is 2. The molecule has 1 aliphatic rings. The molecule has 0 fully saturated rings. The molecular weight excluding hydrogens is 528 g/mol. The largest absolute Gasteiger partial charge is 0.507 e. The SMILES string of the molecule is Cc1cc2cc(c1O)C=Nc1ccccc1N=Cc1cc(cc(-c3ccccc3)c1O)CCCCCCCCCCCC2. The molecule has 222 valence electrons. The van der Waals surface area contributed by atoms with Gasteiger partial charge in [-0.3, -0.25) is 9.98 Å². The third kappa shape index (κ3) is 8.44. The lowest BCUT2D eigenvalue weighted by Crippen LogP contribution is -1.94. The van der Waals surface area contributed by atoms with Gasteiger partial charge in [0.25, 0.3) is 0 Å². The third-order valence-electron chi connectivity index (χ3n) is 8.42. The summed E-state index contributed by atoms with van der Waals surface area (Å²) in [5, 5.41) is 22.1. The Morgan fingerprint density at radius 2 is 0.977 bits per heavy atom. The van der Waals surface area contributed by atoms with E-state index in [9.17, 15) is 10.2 Å². The number of hydrogen-bond donors (Lipinski definition) is 2. The van der Waals surface area contributed by atoms with Gasteiger partial charge in [0.15, 0.2) is 0 Å². The Morgan fingerprint density at radius 3 is 1.53 bits per heavy atom. The van der Waals surface area contributed by atoms with Crippen LogP contribution in [0.15, 0.2) is 88.8 Å². The van der Waals surface area contributed by atoms with Crippen molar-refractivity contribution in [1.29, 1.82) is 0 Å². The molecule has 0 aliphatic carbocycles. The highest BCUT2D eigenvalue weighted by Crippen LogP contribution is 2.35. The van der Waals surface area contributed by atoms with Gasteiger partial charge in [-0.05, 0) is 85.2 Å². The van der Waals surface area contributed by atoms with Gasteiger partial charge in [0, 0.05) is 29.1 Å². The second-order valence-corrected chi connectivity index (χ2v) is 11.8. The average Bonchev–Trinajstić information content (AvgIpc) is 3.02. The summed E-state index contributed by atoms with van der Waals surface area (Å²) in [7, 11) is 0. The number of rotatable bonds is 1. The Kier molecular flexibility index (Phi) is 10.8. The first kappa shape index (κ1) is 30.3. The van der Waals surface area contributed by atoms with Crippen molar-refractivity contribution in [3.8, 4) is 22.6 Å². The van der Waals surface area contributed by atoms with E-state index < -0.39 is 0 Å². The number of phenols is 2. The van der Waals surface area contributed by atoms with Gasteiger partial charge in [0.1, 0.15) is 11.5 Å². The summed E-state index contributed by atoms with van der Waals surface area (Å²) in [5.74, 6) is 0.503. The smallest absolute Gasteiger partial charge is 0.132 e. The van der Waals surface area contributed by atoms with Gasteiger partial charge in [-0.15, -0.1) is 0 Å². The first-order valence-corrected chi connectivity index (χ1v) is 16.0. The van der Waals surface area contributed by atoms with Crippen molar-refractivity contribution < 1.29 is 10.2 Å². The molecule has 4 heteroatoms. The van der Waals surface area contributed by atoms with E-state index >= 15 is 0 Å². The standard InChI is InChI=1S/C39H44N2O2/c1-29-23-30-17-11-8-6-4-2-3-5-7-9-12-18-31-25-34(39(43)35(26-31)32-19-13-10-14-20-32)28-41-37-22-16-15-21-36(37)40-27-33(24-30)38(29)42/h10,13-16,19-28,42-43H,2-9,11-12,17-18H2,1H3. The molecule has 0 amide bonds. The van der Waals surface area contributed by atoms with Crippen molar-refractivity contribution in [2.75, 3.05) is 0 Å². The maximum Gasteiger partial charge on any atom is 0.132 e. The van der Waals surface area contributed by atoms with Crippen molar-refractivity contribution in [2.24, 2.45) is 9.98 Å². The lowest BCUT2D eigenvalue weighted by atomic mass is 9.95. The first-order chi connectivity index (χ1) is 21.1. The number of para-hydroxylation sites is 2. The molecule has 4 aromatic carbocycles. The predicted octanol–water partition coefficient (Wildman–Crippen LogP) is 10.6. The highest BCUT2D eigenvalue weighted by atomic mass is 16.3. The van der Waals surface area contributed by atoms with Crippen LogP contribution in [0.1, 0.15) is 92.0 Å². The number of hydrogen-bond acceptors (Lipinski definition) is 4. The van der Waals surface area contributed by atoms with Gasteiger partial charge in [-0.25, -0.2) is 0 Å². The zero-order valence-corrected chi connectivity index (χ0v) is 25.4. The van der Waals surface area contributed by atoms with Crippen molar-refractivity contribution >= 4 is 23.8 Å². The molecule has 1 heterocycles. The van der Waals surface area contributed by atoms with E-state index in [1.54, 1.807) is 12.4 Å². The number of phenolic OH excluding ortho intramolecular Hbond substituents is 2. The molecule has 5 rings (SSSR count). The monoisotopic (exact) mass is 572 g/mol. The highest BCUT2D eigenvalue weighted by Gasteiger charge is 2.12. The average molecular weight is 573 g/mol. The highest BCUT2D eigenvalue weighted by molar-refractivity contribution is 5.92. The zero-order chi connectivity index (χ0) is 29.9. The van der Waals surface area contributed by atoms with Crippen LogP contribution in [0, 0.1) is 6.92 Å². The minimum atomic E-state index is 0.235. The number of fused-ring (bicyclic) bond motifs is 5. The molecule has 2 N–H and O–H groups in total. The normalized spacial score (nSPS) is 15.4. The molecule has 0 saturated carbocycles. The van der Waals surface area contributed by atoms with Crippen LogP contribution in [0.3, 0.4) is 0 Å². The molecule has 0 saturated heterocycles. The van der Waals surface area contributed by atoms with Crippen LogP contribution in [0.25, 0.3) is 11.1 Å². The molecule has 43 heavy (non-hydrogen) atoms. The number of aliphatic imine (C=N–C) groups is 2. The lowest BCUT2D eigenvalue weighted by molar-refractivity contribution is 0.470. The van der Waals surface area contributed by atoms with Crippen LogP contribution in [-0.2, 0) is 12.8 Å². The van der Waals surface area contributed by atoms with Gasteiger partial charge < -0.3 is 10.2 Å². The van der Waals surface area contributed by atoms with Crippen LogP contribution in [0.4, 0.5) is 11.4 Å². The molecule has 4 bridgehead atoms. The molecule has 0 aromatic heterocycles. The molecule has 4 nitrogen and oxygen atoms in total. The maximum absolute atomic E-state index is 11.3. The Hall–Kier alpha value is -4.18. The van der Waals surface area contributed by atoms with E-state index in [1.165, 1.54) is 62.5 Å². The number of nitrogens with zero attached hydrogens (tertiary/aromatic N) is 2. The molecule has 0 spiro atoms. The summed E-state index contributed by atoms with van der Waals surface area (Å²) >= 11 is 0. The van der Waals surface area contributed by atoms with Crippen molar-refractivity contribution in [3.05, 3.63) is 107 Å². The van der Waals surface area contributed by atoms with E-state index in [4.69, 9.17) is 9.98 Å². The third-order valence-corrected chi connectivity index (χ3v) is 8.42. The molecule has 4 aromatic rings. The summed E-state index contributed by atoms with van der Waals surface area (Å²) in [5.41, 5.74) is 7.97. The van der Waals surface area contributed by atoms with Crippen LogP contribution in [0.5, 0.6) is 11.5 Å². The topological polar surface area (TPSA) is 65.2 Å². The van der Waals surface area contributed by atoms with E-state index in [1.807, 2.05) is 61.5 Å². The fraction of sp³-hybridized carbons (Fsp3) is 0.333. The summed E-state index contributed by atoms with van der Waals surface area (Å²) in [6.07, 6.45) is 18.1. The summed E-state index contributed by atoms with van der Waals surface area (Å²) in [6.45, 7) is 1.95. The van der Waals surface area contributed by atoms with E-state index in [2.05, 4.69) is 24.3 Å². The van der Waals surface area contributed by atoms with Crippen molar-refractivity contribution in [1.82, 2.24) is 0 Å². The number of benzene rings is 4. The zero-order valence-electron chi connectivity index (χ0n) is 25.4. The Balaban J connectivity index is 1.49. The fourth-order valence-electron chi connectivity index (χ4n) is 5.96. The Labute approximate surface area is 256 Å². The van der Waals surface area contributed by atoms with Crippen LogP contribution in [-0.4, -0.2) is 22.6 Å². The van der Waals surface area contributed by atoms with Crippen molar-refractivity contribution in [2.45, 2.75) is 84.0 Å². The van der Waals surface area contributed by atoms with E-state index in [0.717, 1.165) is 47.9 Å². The molecule has 1 aliphatic heterocycles. The van der Waals surface area contributed by atoms with Crippen LogP contribution >= 0.6 is 0 Å². The summed E-state index contributed by atoms with van der Waals surface area (Å²) in [4.78, 5) is 9.55. The minimum absolute atomic E-state index is 0.235. The van der Waals surface area contributed by atoms with Gasteiger partial charge in [-0.2, -0.15) is 0 Å². The fourth-order valence-corrected chi connectivity index (χ4v) is 5.96. The Bertz CT molecular complexity index is 1560. The molecular formula is C39H44N2O2. The molecule has 0 unspecified atom stereocenters. The van der Waals surface area contributed by atoms with E-state index in [-0.39, 0.29) is 11.5 Å². The second-order valence-electron chi connectivity index (χ2n) is 11.8. The summed E-state index contributed by atoms with van der Waals surface area (Å²) < 4.78 is 0. The predicted molar refractivity (Wildman–Crippen MR) is 181 cm³/mol.